The molecule has 38 heavy (non-hydrogen) atoms. The minimum absolute atomic E-state index is 0.0462. The summed E-state index contributed by atoms with van der Waals surface area (Å²) in [5, 5.41) is 2.62. The summed E-state index contributed by atoms with van der Waals surface area (Å²) in [5.41, 5.74) is 0.743. The predicted octanol–water partition coefficient (Wildman–Crippen LogP) is 3.49. The number of amides is 1. The lowest BCUT2D eigenvalue weighted by molar-refractivity contribution is -0.154. The Bertz CT molecular complexity index is 1150. The van der Waals surface area contributed by atoms with Crippen LogP contribution in [0, 0.1) is 23.6 Å². The SMILES string of the molecule is COc1ccnc(C(=O)N[C@H]2COC[C@H](CC3CC3)[C@@H](Cc3ccc(F)cc3)[C@H](C)OC2=O)c1OC(C)=O. The largest absolute Gasteiger partial charge is 0.493 e. The quantitative estimate of drug-likeness (QED) is 0.518. The van der Waals surface area contributed by atoms with Gasteiger partial charge in [0.25, 0.3) is 5.91 Å². The fraction of sp³-hybridized carbons (Fsp3) is 0.500. The zero-order chi connectivity index (χ0) is 27.2. The number of pyridine rings is 1. The number of halogens is 1. The van der Waals surface area contributed by atoms with Gasteiger partial charge in [-0.2, -0.15) is 0 Å². The van der Waals surface area contributed by atoms with E-state index in [-0.39, 0.29) is 41.5 Å². The van der Waals surface area contributed by atoms with Crippen molar-refractivity contribution in [2.24, 2.45) is 17.8 Å². The van der Waals surface area contributed by atoms with Crippen molar-refractivity contribution < 1.29 is 37.7 Å². The Morgan fingerprint density at radius 1 is 1.16 bits per heavy atom. The van der Waals surface area contributed by atoms with Gasteiger partial charge in [-0.25, -0.2) is 14.2 Å². The highest BCUT2D eigenvalue weighted by molar-refractivity contribution is 5.98. The monoisotopic (exact) mass is 528 g/mol. The van der Waals surface area contributed by atoms with E-state index in [1.807, 2.05) is 6.92 Å². The minimum atomic E-state index is -1.10. The molecule has 2 fully saturated rings. The van der Waals surface area contributed by atoms with Gasteiger partial charge in [-0.05, 0) is 49.3 Å². The van der Waals surface area contributed by atoms with Crippen LogP contribution in [0.3, 0.4) is 0 Å². The number of nitrogens with one attached hydrogen (secondary N) is 1. The molecule has 4 rings (SSSR count). The molecule has 1 aliphatic carbocycles. The van der Waals surface area contributed by atoms with Gasteiger partial charge in [0.05, 0.1) is 13.7 Å². The number of hydrogen-bond acceptors (Lipinski definition) is 8. The maximum atomic E-state index is 13.5. The van der Waals surface area contributed by atoms with Crippen molar-refractivity contribution in [3.05, 3.63) is 53.6 Å². The number of rotatable bonds is 8. The van der Waals surface area contributed by atoms with Crippen LogP contribution in [-0.4, -0.2) is 55.3 Å². The Morgan fingerprint density at radius 2 is 1.89 bits per heavy atom. The minimum Gasteiger partial charge on any atom is -0.493 e. The molecule has 4 atom stereocenters. The fourth-order valence-corrected chi connectivity index (χ4v) is 4.84. The van der Waals surface area contributed by atoms with Crippen molar-refractivity contribution in [3.63, 3.8) is 0 Å². The fourth-order valence-electron chi connectivity index (χ4n) is 4.84. The van der Waals surface area contributed by atoms with E-state index < -0.39 is 30.0 Å². The molecule has 0 unspecified atom stereocenters. The van der Waals surface area contributed by atoms with Crippen LogP contribution in [0.1, 0.15) is 49.2 Å². The molecule has 9 nitrogen and oxygen atoms in total. The molecule has 0 spiro atoms. The summed E-state index contributed by atoms with van der Waals surface area (Å²) in [7, 11) is 1.37. The van der Waals surface area contributed by atoms with E-state index in [1.165, 1.54) is 51.3 Å². The summed E-state index contributed by atoms with van der Waals surface area (Å²) < 4.78 is 35.7. The van der Waals surface area contributed by atoms with E-state index in [4.69, 9.17) is 18.9 Å². The molecular formula is C28H33FN2O7. The van der Waals surface area contributed by atoms with Crippen LogP contribution in [-0.2, 0) is 25.5 Å². The molecule has 1 aliphatic heterocycles. The van der Waals surface area contributed by atoms with Crippen LogP contribution in [0.25, 0.3) is 0 Å². The van der Waals surface area contributed by atoms with Crippen molar-refractivity contribution >= 4 is 17.8 Å². The molecule has 0 radical (unpaired) electrons. The smallest absolute Gasteiger partial charge is 0.331 e. The van der Waals surface area contributed by atoms with Crippen LogP contribution in [0.15, 0.2) is 36.5 Å². The van der Waals surface area contributed by atoms with E-state index in [0.717, 1.165) is 12.0 Å². The molecule has 0 bridgehead atoms. The van der Waals surface area contributed by atoms with Crippen LogP contribution in [0.5, 0.6) is 11.5 Å². The third kappa shape index (κ3) is 7.06. The molecule has 2 aromatic rings. The normalized spacial score (nSPS) is 23.8. The number of cyclic esters (lactones) is 1. The standard InChI is InChI=1S/C28H33FN2O7/c1-16-22(13-19-6-8-21(29)9-7-19)20(12-18-4-5-18)14-36-15-23(28(34)37-16)31-27(33)25-26(38-17(2)32)24(35-3)10-11-30-25/h6-11,16,18,20,22-23H,4-5,12-15H2,1-3H3,(H,31,33)/t16-,20-,22-,23-/m0/s1. The zero-order valence-corrected chi connectivity index (χ0v) is 21.8. The Hall–Kier alpha value is -3.53. The molecule has 1 saturated carbocycles. The number of hydrogen-bond donors (Lipinski definition) is 1. The van der Waals surface area contributed by atoms with Gasteiger partial charge in [-0.15, -0.1) is 0 Å². The Kier molecular flexibility index (Phi) is 8.93. The Balaban J connectivity index is 1.52. The van der Waals surface area contributed by atoms with Gasteiger partial charge in [0.1, 0.15) is 11.9 Å². The van der Waals surface area contributed by atoms with Crippen LogP contribution < -0.4 is 14.8 Å². The summed E-state index contributed by atoms with van der Waals surface area (Å²) in [4.78, 5) is 41.9. The number of carbonyl (C=O) groups is 3. The number of nitrogens with zero attached hydrogens (tertiary/aromatic N) is 1. The van der Waals surface area contributed by atoms with Gasteiger partial charge in [-0.3, -0.25) is 9.59 Å². The van der Waals surface area contributed by atoms with Crippen molar-refractivity contribution in [3.8, 4) is 11.5 Å². The topological polar surface area (TPSA) is 113 Å². The summed E-state index contributed by atoms with van der Waals surface area (Å²) in [6.07, 6.45) is 4.76. The van der Waals surface area contributed by atoms with Gasteiger partial charge in [0.15, 0.2) is 17.5 Å². The highest BCUT2D eigenvalue weighted by Crippen LogP contribution is 2.40. The van der Waals surface area contributed by atoms with Gasteiger partial charge in [-0.1, -0.05) is 25.0 Å². The molecule has 1 aromatic carbocycles. The zero-order valence-electron chi connectivity index (χ0n) is 21.8. The molecular weight excluding hydrogens is 495 g/mol. The molecule has 1 N–H and O–H groups in total. The summed E-state index contributed by atoms with van der Waals surface area (Å²) >= 11 is 0. The molecule has 204 valence electrons. The van der Waals surface area contributed by atoms with Crippen molar-refractivity contribution in [2.45, 2.75) is 51.7 Å². The lowest BCUT2D eigenvalue weighted by Crippen LogP contribution is -2.46. The summed E-state index contributed by atoms with van der Waals surface area (Å²) in [6, 6.07) is 6.70. The number of aromatic nitrogens is 1. The van der Waals surface area contributed by atoms with Gasteiger partial charge in [0.2, 0.25) is 5.75 Å². The van der Waals surface area contributed by atoms with Crippen LogP contribution >= 0.6 is 0 Å². The lowest BCUT2D eigenvalue weighted by atomic mass is 9.80. The third-order valence-electron chi connectivity index (χ3n) is 6.98. The van der Waals surface area contributed by atoms with Crippen molar-refractivity contribution in [2.75, 3.05) is 20.3 Å². The molecule has 2 aliphatic rings. The second-order valence-electron chi connectivity index (χ2n) is 9.92. The first-order valence-electron chi connectivity index (χ1n) is 12.8. The maximum absolute atomic E-state index is 13.5. The van der Waals surface area contributed by atoms with Gasteiger partial charge < -0.3 is 24.3 Å². The average Bonchev–Trinajstić information content (AvgIpc) is 3.70. The Morgan fingerprint density at radius 3 is 2.55 bits per heavy atom. The van der Waals surface area contributed by atoms with E-state index in [1.54, 1.807) is 12.1 Å². The molecule has 1 saturated heterocycles. The third-order valence-corrected chi connectivity index (χ3v) is 6.98. The van der Waals surface area contributed by atoms with Gasteiger partial charge >= 0.3 is 11.9 Å². The second kappa shape index (κ2) is 12.3. The van der Waals surface area contributed by atoms with E-state index in [2.05, 4.69) is 10.3 Å². The van der Waals surface area contributed by atoms with E-state index >= 15 is 0 Å². The summed E-state index contributed by atoms with van der Waals surface area (Å²) in [5.74, 6) is -1.63. The molecule has 1 amide bonds. The lowest BCUT2D eigenvalue weighted by Gasteiger charge is -2.31. The Labute approximate surface area is 221 Å². The first-order valence-corrected chi connectivity index (χ1v) is 12.8. The van der Waals surface area contributed by atoms with E-state index in [0.29, 0.717) is 18.9 Å². The predicted molar refractivity (Wildman–Crippen MR) is 134 cm³/mol. The highest BCUT2D eigenvalue weighted by Gasteiger charge is 2.38. The number of esters is 2. The maximum Gasteiger partial charge on any atom is 0.331 e. The van der Waals surface area contributed by atoms with Crippen molar-refractivity contribution in [1.29, 1.82) is 0 Å². The number of methoxy groups -OCH3 is 1. The van der Waals surface area contributed by atoms with E-state index in [9.17, 15) is 18.8 Å². The summed E-state index contributed by atoms with van der Waals surface area (Å²) in [6.45, 7) is 3.35. The average molecular weight is 529 g/mol. The molecule has 2 heterocycles. The molecule has 10 heteroatoms. The number of benzene rings is 1. The number of carbonyl (C=O) groups excluding carboxylic acids is 3. The van der Waals surface area contributed by atoms with Crippen LogP contribution in [0.2, 0.25) is 0 Å². The first-order chi connectivity index (χ1) is 18.2. The first kappa shape index (κ1) is 27.5. The number of ether oxygens (including phenoxy) is 4. The van der Waals surface area contributed by atoms with Crippen molar-refractivity contribution in [1.82, 2.24) is 10.3 Å². The molecule has 1 aromatic heterocycles. The van der Waals surface area contributed by atoms with Crippen LogP contribution in [0.4, 0.5) is 4.39 Å². The van der Waals surface area contributed by atoms with Gasteiger partial charge in [0, 0.05) is 31.7 Å². The second-order valence-corrected chi connectivity index (χ2v) is 9.92. The highest BCUT2D eigenvalue weighted by atomic mass is 19.1.